The number of aliphatic hydroxyl groups excluding tert-OH is 4. The lowest BCUT2D eigenvalue weighted by Crippen LogP contribution is -2.60. The summed E-state index contributed by atoms with van der Waals surface area (Å²) in [7, 11) is 2.76. The Morgan fingerprint density at radius 3 is 2.29 bits per heavy atom. The van der Waals surface area contributed by atoms with Gasteiger partial charge in [0.2, 0.25) is 12.0 Å². The maximum atomic E-state index is 12.8. The molecule has 5 atom stereocenters. The molecule has 1 aromatic heterocycles. The van der Waals surface area contributed by atoms with E-state index in [9.17, 15) is 30.3 Å². The quantitative estimate of drug-likeness (QED) is 0.333. The summed E-state index contributed by atoms with van der Waals surface area (Å²) in [4.78, 5) is 12.8. The van der Waals surface area contributed by atoms with Gasteiger partial charge in [-0.1, -0.05) is 0 Å². The van der Waals surface area contributed by atoms with Crippen LogP contribution in [0.2, 0.25) is 0 Å². The predicted octanol–water partition coefficient (Wildman–Crippen LogP) is 0.361. The molecule has 0 spiro atoms. The summed E-state index contributed by atoms with van der Waals surface area (Å²) in [5, 5.41) is 50.2. The fourth-order valence-corrected chi connectivity index (χ4v) is 3.73. The zero-order chi connectivity index (χ0) is 24.6. The molecule has 1 aliphatic rings. The first-order chi connectivity index (χ1) is 16.3. The van der Waals surface area contributed by atoms with Crippen molar-refractivity contribution in [1.82, 2.24) is 0 Å². The maximum absolute atomic E-state index is 12.8. The second-order valence-electron chi connectivity index (χ2n) is 7.65. The Kier molecular flexibility index (Phi) is 6.64. The third-order valence-electron chi connectivity index (χ3n) is 5.58. The van der Waals surface area contributed by atoms with Crippen LogP contribution in [0.4, 0.5) is 0 Å². The van der Waals surface area contributed by atoms with Gasteiger partial charge in [0.1, 0.15) is 46.9 Å². The van der Waals surface area contributed by atoms with Crippen LogP contribution in [0.1, 0.15) is 0 Å². The van der Waals surface area contributed by atoms with Crippen LogP contribution in [0.3, 0.4) is 0 Å². The van der Waals surface area contributed by atoms with E-state index in [-0.39, 0.29) is 28.2 Å². The summed E-state index contributed by atoms with van der Waals surface area (Å²) in [6.07, 6.45) is -7.69. The molecule has 5 N–H and O–H groups in total. The van der Waals surface area contributed by atoms with Gasteiger partial charge in [-0.3, -0.25) is 4.79 Å². The van der Waals surface area contributed by atoms with Gasteiger partial charge in [-0.25, -0.2) is 0 Å². The Labute approximate surface area is 192 Å². The van der Waals surface area contributed by atoms with Gasteiger partial charge in [0.25, 0.3) is 0 Å². The van der Waals surface area contributed by atoms with E-state index in [2.05, 4.69) is 0 Å². The van der Waals surface area contributed by atoms with Crippen molar-refractivity contribution in [1.29, 1.82) is 0 Å². The molecule has 11 nitrogen and oxygen atoms in total. The highest BCUT2D eigenvalue weighted by atomic mass is 16.7. The van der Waals surface area contributed by atoms with Crippen LogP contribution in [0.5, 0.6) is 23.0 Å². The smallest absolute Gasteiger partial charge is 0.229 e. The molecule has 182 valence electrons. The first kappa shape index (κ1) is 23.8. The third-order valence-corrected chi connectivity index (χ3v) is 5.58. The number of rotatable bonds is 6. The molecule has 1 saturated heterocycles. The van der Waals surface area contributed by atoms with Crippen LogP contribution in [-0.2, 0) is 4.74 Å². The first-order valence-corrected chi connectivity index (χ1v) is 10.3. The highest BCUT2D eigenvalue weighted by Gasteiger charge is 2.45. The summed E-state index contributed by atoms with van der Waals surface area (Å²) >= 11 is 0. The minimum Gasteiger partial charge on any atom is -0.504 e. The highest BCUT2D eigenvalue weighted by molar-refractivity contribution is 5.89. The zero-order valence-corrected chi connectivity index (χ0v) is 18.2. The molecule has 34 heavy (non-hydrogen) atoms. The number of benzene rings is 2. The van der Waals surface area contributed by atoms with Gasteiger partial charge in [-0.05, 0) is 24.3 Å². The fraction of sp³-hybridized carbons (Fsp3) is 0.348. The molecule has 0 amide bonds. The molecule has 11 heteroatoms. The van der Waals surface area contributed by atoms with E-state index < -0.39 is 48.5 Å². The number of phenols is 1. The van der Waals surface area contributed by atoms with Crippen molar-refractivity contribution in [2.75, 3.05) is 20.8 Å². The van der Waals surface area contributed by atoms with E-state index in [0.717, 1.165) is 0 Å². The van der Waals surface area contributed by atoms with Gasteiger partial charge in [0.05, 0.1) is 20.8 Å². The van der Waals surface area contributed by atoms with Crippen LogP contribution < -0.4 is 19.6 Å². The molecule has 0 bridgehead atoms. The molecule has 2 heterocycles. The zero-order valence-electron chi connectivity index (χ0n) is 18.2. The van der Waals surface area contributed by atoms with Crippen LogP contribution in [0.15, 0.2) is 45.6 Å². The molecule has 0 radical (unpaired) electrons. The Morgan fingerprint density at radius 2 is 1.68 bits per heavy atom. The van der Waals surface area contributed by atoms with Crippen molar-refractivity contribution in [3.63, 3.8) is 0 Å². The van der Waals surface area contributed by atoms with Crippen molar-refractivity contribution >= 4 is 11.0 Å². The average molecular weight is 476 g/mol. The largest absolute Gasteiger partial charge is 0.504 e. The molecule has 0 aliphatic carbocycles. The molecule has 3 aromatic rings. The van der Waals surface area contributed by atoms with Gasteiger partial charge in [0, 0.05) is 17.7 Å². The van der Waals surface area contributed by atoms with Crippen molar-refractivity contribution in [3.05, 3.63) is 46.6 Å². The van der Waals surface area contributed by atoms with E-state index in [4.69, 9.17) is 23.4 Å². The Bertz CT molecular complexity index is 1220. The SMILES string of the molecule is COc1ccc(-c2cc(=O)c3c(O)c(OC)c(O[C@H]4O[C@H](CO)[C@@H](O)[C@H](O)[C@H]4O)cc3o2)cc1. The van der Waals surface area contributed by atoms with Gasteiger partial charge in [0.15, 0.2) is 16.9 Å². The first-order valence-electron chi connectivity index (χ1n) is 10.3. The molecule has 2 aromatic carbocycles. The van der Waals surface area contributed by atoms with Gasteiger partial charge < -0.3 is 48.9 Å². The number of aromatic hydroxyl groups is 1. The summed E-state index contributed by atoms with van der Waals surface area (Å²) < 4.78 is 27.1. The number of ether oxygens (including phenoxy) is 4. The van der Waals surface area contributed by atoms with Crippen LogP contribution in [-0.4, -0.2) is 77.1 Å². The topological polar surface area (TPSA) is 168 Å². The number of hydrogen-bond donors (Lipinski definition) is 5. The van der Waals surface area contributed by atoms with E-state index in [1.165, 1.54) is 26.4 Å². The van der Waals surface area contributed by atoms with Crippen molar-refractivity contribution in [2.45, 2.75) is 30.7 Å². The number of methoxy groups -OCH3 is 2. The number of fused-ring (bicyclic) bond motifs is 1. The monoisotopic (exact) mass is 476 g/mol. The van der Waals surface area contributed by atoms with Gasteiger partial charge in [-0.15, -0.1) is 0 Å². The lowest BCUT2D eigenvalue weighted by atomic mass is 9.99. The van der Waals surface area contributed by atoms with Crippen LogP contribution >= 0.6 is 0 Å². The normalized spacial score (nSPS) is 24.7. The number of aliphatic hydroxyl groups is 4. The molecular weight excluding hydrogens is 452 g/mol. The Hall–Kier alpha value is -3.35. The minimum atomic E-state index is -1.70. The maximum Gasteiger partial charge on any atom is 0.229 e. The van der Waals surface area contributed by atoms with E-state index in [1.807, 2.05) is 0 Å². The molecule has 1 aliphatic heterocycles. The summed E-state index contributed by atoms with van der Waals surface area (Å²) in [5.41, 5.74) is -0.00928. The number of phenolic OH excluding ortho intramolecular Hbond substituents is 1. The minimum absolute atomic E-state index is 0.0452. The van der Waals surface area contributed by atoms with Gasteiger partial charge >= 0.3 is 0 Å². The molecule has 0 unspecified atom stereocenters. The van der Waals surface area contributed by atoms with Crippen molar-refractivity contribution in [2.24, 2.45) is 0 Å². The standard InChI is InChI=1S/C23H24O11/c1-30-11-5-3-10(4-6-11)13-7-12(25)17-14(32-13)8-15(22(31-2)19(17)27)33-23-21(29)20(28)18(26)16(9-24)34-23/h3-8,16,18,20-21,23-24,26-29H,9H2,1-2H3/t16-,18-,20+,21-,23+/m1/s1. The lowest BCUT2D eigenvalue weighted by Gasteiger charge is -2.39. The van der Waals surface area contributed by atoms with Crippen LogP contribution in [0.25, 0.3) is 22.3 Å². The second-order valence-corrected chi connectivity index (χ2v) is 7.65. The average Bonchev–Trinajstić information content (AvgIpc) is 2.84. The van der Waals surface area contributed by atoms with E-state index in [1.54, 1.807) is 24.3 Å². The molecular formula is C23H24O11. The van der Waals surface area contributed by atoms with Gasteiger partial charge in [-0.2, -0.15) is 0 Å². The van der Waals surface area contributed by atoms with Crippen molar-refractivity contribution < 1.29 is 48.9 Å². The third kappa shape index (κ3) is 4.15. The Balaban J connectivity index is 1.78. The predicted molar refractivity (Wildman–Crippen MR) is 117 cm³/mol. The molecule has 0 saturated carbocycles. The van der Waals surface area contributed by atoms with E-state index in [0.29, 0.717) is 11.3 Å². The summed E-state index contributed by atoms with van der Waals surface area (Å²) in [6, 6.07) is 9.26. The Morgan fingerprint density at radius 1 is 0.971 bits per heavy atom. The molecule has 4 rings (SSSR count). The van der Waals surface area contributed by atoms with Crippen LogP contribution in [0, 0.1) is 0 Å². The second kappa shape index (κ2) is 9.49. The van der Waals surface area contributed by atoms with Crippen molar-refractivity contribution in [3.8, 4) is 34.3 Å². The molecule has 1 fully saturated rings. The summed E-state index contributed by atoms with van der Waals surface area (Å²) in [6.45, 7) is -0.648. The van der Waals surface area contributed by atoms with E-state index >= 15 is 0 Å². The number of hydrogen-bond acceptors (Lipinski definition) is 11. The highest BCUT2D eigenvalue weighted by Crippen LogP contribution is 2.43. The summed E-state index contributed by atoms with van der Waals surface area (Å²) in [5.74, 6) is -0.150. The fourth-order valence-electron chi connectivity index (χ4n) is 3.73. The lowest BCUT2D eigenvalue weighted by molar-refractivity contribution is -0.277.